The van der Waals surface area contributed by atoms with E-state index in [1.54, 1.807) is 12.1 Å². The first kappa shape index (κ1) is 7.41. The van der Waals surface area contributed by atoms with E-state index >= 15 is 0 Å². The lowest BCUT2D eigenvalue weighted by Crippen LogP contribution is -1.89. The van der Waals surface area contributed by atoms with Gasteiger partial charge in [0.05, 0.1) is 4.47 Å². The van der Waals surface area contributed by atoms with Crippen molar-refractivity contribution < 1.29 is 5.11 Å². The second kappa shape index (κ2) is 2.50. The summed E-state index contributed by atoms with van der Waals surface area (Å²) in [5.74, 6) is 0.228. The Kier molecular flexibility index (Phi) is 1.85. The Labute approximate surface area is 67.8 Å². The average molecular weight is 202 g/mol. The summed E-state index contributed by atoms with van der Waals surface area (Å²) in [4.78, 5) is 0. The van der Waals surface area contributed by atoms with E-state index in [2.05, 4.69) is 15.9 Å². The molecule has 1 rings (SSSR count). The number of nitrogen functional groups attached to an aromatic ring is 1. The zero-order chi connectivity index (χ0) is 7.72. The number of benzene rings is 1. The molecule has 0 heterocycles. The highest BCUT2D eigenvalue weighted by molar-refractivity contribution is 9.10. The minimum Gasteiger partial charge on any atom is -0.507 e. The molecule has 0 saturated heterocycles. The molecule has 1 aromatic rings. The number of halogens is 1. The fraction of sp³-hybridized carbons (Fsp3) is 0.143. The molecule has 0 unspecified atom stereocenters. The Morgan fingerprint density at radius 3 is 2.60 bits per heavy atom. The fourth-order valence-electron chi connectivity index (χ4n) is 0.686. The van der Waals surface area contributed by atoms with Crippen LogP contribution in [0.1, 0.15) is 5.56 Å². The second-order valence-corrected chi connectivity index (χ2v) is 2.91. The molecule has 0 aliphatic carbocycles. The number of anilines is 1. The van der Waals surface area contributed by atoms with Gasteiger partial charge < -0.3 is 10.8 Å². The summed E-state index contributed by atoms with van der Waals surface area (Å²) in [7, 11) is 0. The Hall–Kier alpha value is -0.700. The lowest BCUT2D eigenvalue weighted by atomic mass is 10.2. The molecule has 0 fully saturated rings. The van der Waals surface area contributed by atoms with Gasteiger partial charge in [-0.3, -0.25) is 0 Å². The van der Waals surface area contributed by atoms with Crippen LogP contribution >= 0.6 is 15.9 Å². The van der Waals surface area contributed by atoms with Crippen LogP contribution in [0.15, 0.2) is 16.6 Å². The summed E-state index contributed by atoms with van der Waals surface area (Å²) >= 11 is 3.20. The van der Waals surface area contributed by atoms with E-state index in [0.717, 1.165) is 5.56 Å². The highest BCUT2D eigenvalue weighted by Crippen LogP contribution is 2.30. The van der Waals surface area contributed by atoms with Gasteiger partial charge in [0.1, 0.15) is 5.75 Å². The first-order chi connectivity index (χ1) is 4.63. The van der Waals surface area contributed by atoms with Crippen LogP contribution in [-0.2, 0) is 0 Å². The zero-order valence-electron chi connectivity index (χ0n) is 5.56. The largest absolute Gasteiger partial charge is 0.507 e. The summed E-state index contributed by atoms with van der Waals surface area (Å²) < 4.78 is 0.674. The van der Waals surface area contributed by atoms with Crippen molar-refractivity contribution in [3.05, 3.63) is 22.2 Å². The highest BCUT2D eigenvalue weighted by Gasteiger charge is 2.02. The van der Waals surface area contributed by atoms with Crippen molar-refractivity contribution in [2.24, 2.45) is 0 Å². The van der Waals surface area contributed by atoms with Crippen molar-refractivity contribution in [2.75, 3.05) is 5.73 Å². The summed E-state index contributed by atoms with van der Waals surface area (Å²) in [6, 6.07) is 3.24. The standard InChI is InChI=1S/C7H8BrNO/c1-4-5(9)2-3-6(10)7(4)8/h2-3,10H,9H2,1H3. The van der Waals surface area contributed by atoms with E-state index in [0.29, 0.717) is 10.2 Å². The van der Waals surface area contributed by atoms with Gasteiger partial charge in [-0.2, -0.15) is 0 Å². The topological polar surface area (TPSA) is 46.2 Å². The molecule has 3 heteroatoms. The number of phenols is 1. The summed E-state index contributed by atoms with van der Waals surface area (Å²) in [6.07, 6.45) is 0. The van der Waals surface area contributed by atoms with Gasteiger partial charge in [0, 0.05) is 5.69 Å². The zero-order valence-corrected chi connectivity index (χ0v) is 7.14. The maximum atomic E-state index is 9.12. The molecular weight excluding hydrogens is 194 g/mol. The molecule has 0 aliphatic rings. The lowest BCUT2D eigenvalue weighted by molar-refractivity contribution is 0.471. The van der Waals surface area contributed by atoms with Gasteiger partial charge in [0.25, 0.3) is 0 Å². The molecule has 54 valence electrons. The van der Waals surface area contributed by atoms with Crippen LogP contribution in [0.2, 0.25) is 0 Å². The predicted molar refractivity (Wildman–Crippen MR) is 45.0 cm³/mol. The highest BCUT2D eigenvalue weighted by atomic mass is 79.9. The minimum absolute atomic E-state index is 0.228. The van der Waals surface area contributed by atoms with Crippen molar-refractivity contribution in [2.45, 2.75) is 6.92 Å². The number of aromatic hydroxyl groups is 1. The number of hydrogen-bond donors (Lipinski definition) is 2. The molecule has 1 aromatic carbocycles. The van der Waals surface area contributed by atoms with Gasteiger partial charge >= 0.3 is 0 Å². The van der Waals surface area contributed by atoms with E-state index in [1.807, 2.05) is 6.92 Å². The lowest BCUT2D eigenvalue weighted by Gasteiger charge is -2.03. The quantitative estimate of drug-likeness (QED) is 0.499. The Balaban J connectivity index is 3.34. The molecule has 0 aromatic heterocycles. The monoisotopic (exact) mass is 201 g/mol. The van der Waals surface area contributed by atoms with Gasteiger partial charge in [-0.15, -0.1) is 0 Å². The van der Waals surface area contributed by atoms with E-state index < -0.39 is 0 Å². The minimum atomic E-state index is 0.228. The molecule has 0 aliphatic heterocycles. The Morgan fingerprint density at radius 2 is 2.10 bits per heavy atom. The van der Waals surface area contributed by atoms with Crippen LogP contribution in [0.3, 0.4) is 0 Å². The third kappa shape index (κ3) is 1.09. The van der Waals surface area contributed by atoms with E-state index in [4.69, 9.17) is 10.8 Å². The van der Waals surface area contributed by atoms with E-state index in [9.17, 15) is 0 Å². The summed E-state index contributed by atoms with van der Waals surface area (Å²) in [6.45, 7) is 1.85. The third-order valence-electron chi connectivity index (χ3n) is 1.41. The molecule has 0 bridgehead atoms. The van der Waals surface area contributed by atoms with Crippen molar-refractivity contribution in [3.63, 3.8) is 0 Å². The van der Waals surface area contributed by atoms with E-state index in [1.165, 1.54) is 0 Å². The smallest absolute Gasteiger partial charge is 0.130 e. The van der Waals surface area contributed by atoms with Crippen molar-refractivity contribution >= 4 is 21.6 Å². The Morgan fingerprint density at radius 1 is 1.50 bits per heavy atom. The summed E-state index contributed by atoms with van der Waals surface area (Å²) in [5, 5.41) is 9.12. The van der Waals surface area contributed by atoms with Crippen LogP contribution in [0.5, 0.6) is 5.75 Å². The van der Waals surface area contributed by atoms with Crippen LogP contribution in [-0.4, -0.2) is 5.11 Å². The van der Waals surface area contributed by atoms with Crippen molar-refractivity contribution in [1.82, 2.24) is 0 Å². The molecule has 0 spiro atoms. The second-order valence-electron chi connectivity index (χ2n) is 2.11. The van der Waals surface area contributed by atoms with Crippen LogP contribution in [0.4, 0.5) is 5.69 Å². The molecule has 0 atom stereocenters. The van der Waals surface area contributed by atoms with Crippen molar-refractivity contribution in [3.8, 4) is 5.75 Å². The van der Waals surface area contributed by atoms with Gasteiger partial charge in [-0.25, -0.2) is 0 Å². The summed E-state index contributed by atoms with van der Waals surface area (Å²) in [5.41, 5.74) is 7.11. The third-order valence-corrected chi connectivity index (χ3v) is 2.41. The molecule has 3 N–H and O–H groups in total. The molecule has 2 nitrogen and oxygen atoms in total. The normalized spacial score (nSPS) is 9.80. The Bertz CT molecular complexity index is 233. The first-order valence-corrected chi connectivity index (χ1v) is 3.65. The van der Waals surface area contributed by atoms with Gasteiger partial charge in [0.15, 0.2) is 0 Å². The van der Waals surface area contributed by atoms with E-state index in [-0.39, 0.29) is 5.75 Å². The molecule has 0 amide bonds. The predicted octanol–water partition coefficient (Wildman–Crippen LogP) is 2.05. The molecule has 0 radical (unpaired) electrons. The maximum Gasteiger partial charge on any atom is 0.130 e. The van der Waals surface area contributed by atoms with Gasteiger partial charge in [-0.05, 0) is 40.5 Å². The number of hydrogen-bond acceptors (Lipinski definition) is 2. The molecule has 0 saturated carbocycles. The first-order valence-electron chi connectivity index (χ1n) is 2.86. The average Bonchev–Trinajstić information content (AvgIpc) is 1.93. The van der Waals surface area contributed by atoms with Gasteiger partial charge in [-0.1, -0.05) is 0 Å². The van der Waals surface area contributed by atoms with Crippen LogP contribution in [0.25, 0.3) is 0 Å². The number of nitrogens with two attached hydrogens (primary N) is 1. The fourth-order valence-corrected chi connectivity index (χ4v) is 1.05. The molecular formula is C7H8BrNO. The van der Waals surface area contributed by atoms with Crippen molar-refractivity contribution in [1.29, 1.82) is 0 Å². The number of phenolic OH excluding ortho intramolecular Hbond substituents is 1. The van der Waals surface area contributed by atoms with Crippen LogP contribution in [0, 0.1) is 6.92 Å². The number of rotatable bonds is 0. The molecule has 10 heavy (non-hydrogen) atoms. The maximum absolute atomic E-state index is 9.12. The SMILES string of the molecule is Cc1c(N)ccc(O)c1Br. The van der Waals surface area contributed by atoms with Crippen LogP contribution < -0.4 is 5.73 Å². The van der Waals surface area contributed by atoms with Gasteiger partial charge in [0.2, 0.25) is 0 Å².